The highest BCUT2D eigenvalue weighted by molar-refractivity contribution is 9.11. The lowest BCUT2D eigenvalue weighted by atomic mass is 9.99. The average Bonchev–Trinajstić information content (AvgIpc) is 2.71. The molecule has 0 aliphatic rings. The number of hydrogen-bond acceptors (Lipinski definition) is 8. The van der Waals surface area contributed by atoms with E-state index >= 15 is 0 Å². The van der Waals surface area contributed by atoms with E-state index in [0.29, 0.717) is 20.1 Å². The lowest BCUT2D eigenvalue weighted by molar-refractivity contribution is 0.0587. The molecular weight excluding hydrogens is 516 g/mol. The molecule has 0 heterocycles. The van der Waals surface area contributed by atoms with E-state index in [2.05, 4.69) is 31.9 Å². The van der Waals surface area contributed by atoms with Gasteiger partial charge in [-0.05, 0) is 55.1 Å². The molecule has 8 nitrogen and oxygen atoms in total. The van der Waals surface area contributed by atoms with E-state index in [1.807, 2.05) is 0 Å². The van der Waals surface area contributed by atoms with Gasteiger partial charge in [0, 0.05) is 6.42 Å². The first-order valence-corrected chi connectivity index (χ1v) is 9.63. The van der Waals surface area contributed by atoms with Crippen LogP contribution in [0.2, 0.25) is 0 Å². The largest absolute Gasteiger partial charge is 0.504 e. The smallest absolute Gasteiger partial charge is 0.341 e. The topological polar surface area (TPSA) is 112 Å². The molecule has 0 bridgehead atoms. The van der Waals surface area contributed by atoms with Crippen molar-refractivity contribution in [1.82, 2.24) is 0 Å². The molecule has 0 saturated carbocycles. The Kier molecular flexibility index (Phi) is 7.37. The molecule has 10 heteroatoms. The molecule has 0 spiro atoms. The number of carbonyl (C=O) groups excluding carboxylic acids is 2. The maximum absolute atomic E-state index is 12.0. The molecule has 2 N–H and O–H groups in total. The highest BCUT2D eigenvalue weighted by atomic mass is 79.9. The van der Waals surface area contributed by atoms with Crippen molar-refractivity contribution in [3.05, 3.63) is 43.3 Å². The molecule has 0 unspecified atom stereocenters. The van der Waals surface area contributed by atoms with E-state index in [0.717, 1.165) is 0 Å². The molecule has 0 amide bonds. The van der Waals surface area contributed by atoms with E-state index in [1.165, 1.54) is 40.6 Å². The van der Waals surface area contributed by atoms with E-state index in [-0.39, 0.29) is 40.5 Å². The van der Waals surface area contributed by atoms with E-state index in [1.54, 1.807) is 0 Å². The Balaban J connectivity index is 2.70. The Morgan fingerprint density at radius 1 is 0.793 bits per heavy atom. The molecule has 0 radical (unpaired) electrons. The Morgan fingerprint density at radius 3 is 1.41 bits per heavy atom. The van der Waals surface area contributed by atoms with Gasteiger partial charge in [0.05, 0.1) is 37.4 Å². The number of esters is 2. The second-order valence-corrected chi connectivity index (χ2v) is 7.30. The van der Waals surface area contributed by atoms with Crippen LogP contribution < -0.4 is 9.47 Å². The summed E-state index contributed by atoms with van der Waals surface area (Å²) < 4.78 is 20.6. The van der Waals surface area contributed by atoms with Crippen LogP contribution in [0.15, 0.2) is 21.1 Å². The molecule has 29 heavy (non-hydrogen) atoms. The third-order valence-corrected chi connectivity index (χ3v) is 5.88. The van der Waals surface area contributed by atoms with Gasteiger partial charge in [-0.2, -0.15) is 0 Å². The molecular formula is C19H18Br2O8. The molecule has 2 rings (SSSR count). The molecule has 2 aromatic carbocycles. The van der Waals surface area contributed by atoms with Crippen molar-refractivity contribution in [3.8, 4) is 23.0 Å². The van der Waals surface area contributed by atoms with Gasteiger partial charge in [-0.25, -0.2) is 9.59 Å². The summed E-state index contributed by atoms with van der Waals surface area (Å²) in [5, 5.41) is 20.6. The lowest BCUT2D eigenvalue weighted by Gasteiger charge is -2.17. The van der Waals surface area contributed by atoms with Crippen LogP contribution in [-0.4, -0.2) is 50.6 Å². The number of benzene rings is 2. The first-order chi connectivity index (χ1) is 13.7. The Hall–Kier alpha value is -2.46. The first-order valence-electron chi connectivity index (χ1n) is 8.04. The fraction of sp³-hybridized carbons (Fsp3) is 0.263. The van der Waals surface area contributed by atoms with E-state index in [4.69, 9.17) is 18.9 Å². The van der Waals surface area contributed by atoms with Crippen molar-refractivity contribution in [2.24, 2.45) is 0 Å². The van der Waals surface area contributed by atoms with Crippen LogP contribution in [0.3, 0.4) is 0 Å². The minimum absolute atomic E-state index is 0.0537. The Labute approximate surface area is 183 Å². The van der Waals surface area contributed by atoms with Gasteiger partial charge in [-0.1, -0.05) is 0 Å². The number of aromatic hydroxyl groups is 2. The normalized spacial score (nSPS) is 10.4. The van der Waals surface area contributed by atoms with Crippen molar-refractivity contribution >= 4 is 43.8 Å². The van der Waals surface area contributed by atoms with Crippen molar-refractivity contribution < 1.29 is 38.7 Å². The van der Waals surface area contributed by atoms with Gasteiger partial charge in [0.2, 0.25) is 0 Å². The maximum atomic E-state index is 12.0. The fourth-order valence-electron chi connectivity index (χ4n) is 2.72. The number of methoxy groups -OCH3 is 4. The molecule has 0 aliphatic carbocycles. The predicted molar refractivity (Wildman–Crippen MR) is 110 cm³/mol. The Morgan fingerprint density at radius 2 is 1.14 bits per heavy atom. The summed E-state index contributed by atoms with van der Waals surface area (Å²) in [6, 6.07) is 2.88. The summed E-state index contributed by atoms with van der Waals surface area (Å²) in [6.45, 7) is 0. The van der Waals surface area contributed by atoms with Gasteiger partial charge < -0.3 is 29.2 Å². The zero-order valence-electron chi connectivity index (χ0n) is 16.0. The second-order valence-electron chi connectivity index (χ2n) is 5.72. The minimum atomic E-state index is -0.743. The fourth-order valence-corrected chi connectivity index (χ4v) is 3.93. The SMILES string of the molecule is COC(=O)c1cc(Cc2cc(C(=O)OC)c(O)c(OC)c2Br)c(Br)c(OC)c1O. The first kappa shape index (κ1) is 22.8. The van der Waals surface area contributed by atoms with Gasteiger partial charge in [-0.15, -0.1) is 0 Å². The van der Waals surface area contributed by atoms with Gasteiger partial charge in [-0.3, -0.25) is 0 Å². The summed E-state index contributed by atoms with van der Waals surface area (Å²) >= 11 is 6.73. The predicted octanol–water partition coefficient (Wildman–Crippen LogP) is 3.80. The summed E-state index contributed by atoms with van der Waals surface area (Å²) in [6.07, 6.45) is 0.169. The number of ether oxygens (including phenoxy) is 4. The highest BCUT2D eigenvalue weighted by Crippen LogP contribution is 2.44. The average molecular weight is 534 g/mol. The van der Waals surface area contributed by atoms with Gasteiger partial charge >= 0.3 is 11.9 Å². The maximum Gasteiger partial charge on any atom is 0.341 e. The number of rotatable bonds is 6. The standard InChI is InChI=1S/C19H18Br2O8/c1-26-16-12(20)8(6-10(14(16)22)18(24)28-3)5-9-7-11(19(25)29-4)15(23)17(27-2)13(9)21/h6-7,22-23H,5H2,1-4H3. The molecule has 156 valence electrons. The van der Waals surface area contributed by atoms with E-state index < -0.39 is 11.9 Å². The van der Waals surface area contributed by atoms with Crippen molar-refractivity contribution in [3.63, 3.8) is 0 Å². The minimum Gasteiger partial charge on any atom is -0.504 e. The molecule has 2 aromatic rings. The van der Waals surface area contributed by atoms with Crippen LogP contribution in [-0.2, 0) is 15.9 Å². The summed E-state index contributed by atoms with van der Waals surface area (Å²) in [7, 11) is 5.08. The summed E-state index contributed by atoms with van der Waals surface area (Å²) in [5.74, 6) is -2.12. The molecule has 0 atom stereocenters. The van der Waals surface area contributed by atoms with E-state index in [9.17, 15) is 19.8 Å². The van der Waals surface area contributed by atoms with Crippen molar-refractivity contribution in [1.29, 1.82) is 0 Å². The van der Waals surface area contributed by atoms with Gasteiger partial charge in [0.15, 0.2) is 23.0 Å². The quantitative estimate of drug-likeness (QED) is 0.539. The van der Waals surface area contributed by atoms with Crippen molar-refractivity contribution in [2.75, 3.05) is 28.4 Å². The third kappa shape index (κ3) is 4.27. The summed E-state index contributed by atoms with van der Waals surface area (Å²) in [5.41, 5.74) is 0.920. The number of halogens is 2. The monoisotopic (exact) mass is 532 g/mol. The van der Waals surface area contributed by atoms with Crippen LogP contribution >= 0.6 is 31.9 Å². The molecule has 0 aliphatic heterocycles. The van der Waals surface area contributed by atoms with Gasteiger partial charge in [0.1, 0.15) is 11.1 Å². The number of carbonyl (C=O) groups is 2. The number of hydrogen-bond donors (Lipinski definition) is 2. The van der Waals surface area contributed by atoms with Crippen molar-refractivity contribution in [2.45, 2.75) is 6.42 Å². The lowest BCUT2D eigenvalue weighted by Crippen LogP contribution is -2.07. The van der Waals surface area contributed by atoms with Crippen LogP contribution in [0.5, 0.6) is 23.0 Å². The van der Waals surface area contributed by atoms with Crippen LogP contribution in [0, 0.1) is 0 Å². The highest BCUT2D eigenvalue weighted by Gasteiger charge is 2.25. The van der Waals surface area contributed by atoms with Crippen LogP contribution in [0.25, 0.3) is 0 Å². The Bertz CT molecular complexity index is 894. The van der Waals surface area contributed by atoms with Crippen LogP contribution in [0.4, 0.5) is 0 Å². The summed E-state index contributed by atoms with van der Waals surface area (Å²) in [4.78, 5) is 24.1. The zero-order valence-corrected chi connectivity index (χ0v) is 19.1. The molecule has 0 saturated heterocycles. The second kappa shape index (κ2) is 9.36. The molecule has 0 aromatic heterocycles. The van der Waals surface area contributed by atoms with Gasteiger partial charge in [0.25, 0.3) is 0 Å². The van der Waals surface area contributed by atoms with Crippen LogP contribution in [0.1, 0.15) is 31.8 Å². The number of phenols is 2. The third-order valence-electron chi connectivity index (χ3n) is 4.14. The molecule has 0 fully saturated rings. The number of phenolic OH excluding ortho intramolecular Hbond substituents is 2. The zero-order chi connectivity index (χ0) is 21.9.